The van der Waals surface area contributed by atoms with E-state index in [4.69, 9.17) is 14.2 Å². The van der Waals surface area contributed by atoms with Crippen LogP contribution in [0.15, 0.2) is 77.1 Å². The van der Waals surface area contributed by atoms with Crippen LogP contribution in [0.5, 0.6) is 11.5 Å². The molecule has 1 N–H and O–H groups in total. The number of ketones is 1. The smallest absolute Gasteiger partial charge is 0.336 e. The number of hydrogen-bond acceptors (Lipinski definition) is 6. The molecule has 1 heterocycles. The molecule has 34 heavy (non-hydrogen) atoms. The SMILES string of the molecule is COc1cccc([C@H]2C(C(=O)OCCOc3ccccc3)=C(C)NC3=C2C(=O)CC(C)(C)C3)c1. The highest BCUT2D eigenvalue weighted by Gasteiger charge is 2.43. The zero-order valence-corrected chi connectivity index (χ0v) is 20.1. The van der Waals surface area contributed by atoms with Crippen molar-refractivity contribution in [2.45, 2.75) is 39.5 Å². The van der Waals surface area contributed by atoms with Gasteiger partial charge in [0.25, 0.3) is 0 Å². The lowest BCUT2D eigenvalue weighted by molar-refractivity contribution is -0.140. The van der Waals surface area contributed by atoms with E-state index in [0.717, 1.165) is 17.7 Å². The third-order valence-electron chi connectivity index (χ3n) is 6.22. The Morgan fingerprint density at radius 1 is 1.03 bits per heavy atom. The highest BCUT2D eigenvalue weighted by atomic mass is 16.6. The number of para-hydroxylation sites is 1. The van der Waals surface area contributed by atoms with E-state index in [9.17, 15) is 9.59 Å². The summed E-state index contributed by atoms with van der Waals surface area (Å²) in [6.07, 6.45) is 1.17. The molecule has 0 bridgehead atoms. The van der Waals surface area contributed by atoms with Crippen molar-refractivity contribution in [3.63, 3.8) is 0 Å². The summed E-state index contributed by atoms with van der Waals surface area (Å²) < 4.78 is 16.7. The second kappa shape index (κ2) is 9.75. The molecule has 2 aromatic carbocycles. The van der Waals surface area contributed by atoms with Crippen LogP contribution >= 0.6 is 0 Å². The number of carbonyl (C=O) groups is 2. The van der Waals surface area contributed by atoms with Crippen molar-refractivity contribution in [2.24, 2.45) is 5.41 Å². The Bertz CT molecular complexity index is 1150. The Balaban J connectivity index is 1.62. The van der Waals surface area contributed by atoms with Crippen LogP contribution < -0.4 is 14.8 Å². The van der Waals surface area contributed by atoms with Crippen LogP contribution in [0, 0.1) is 5.41 Å². The fraction of sp³-hybridized carbons (Fsp3) is 0.357. The first kappa shape index (κ1) is 23.6. The number of Topliss-reactive ketones (excluding diaryl/α,β-unsaturated/α-hetero) is 1. The van der Waals surface area contributed by atoms with Crippen molar-refractivity contribution in [3.05, 3.63) is 82.7 Å². The molecule has 0 unspecified atom stereocenters. The van der Waals surface area contributed by atoms with Crippen LogP contribution in [0.4, 0.5) is 0 Å². The summed E-state index contributed by atoms with van der Waals surface area (Å²) in [7, 11) is 1.60. The van der Waals surface area contributed by atoms with Gasteiger partial charge in [0.15, 0.2) is 5.78 Å². The van der Waals surface area contributed by atoms with Gasteiger partial charge in [-0.3, -0.25) is 4.79 Å². The summed E-state index contributed by atoms with van der Waals surface area (Å²) in [5.74, 6) is 0.462. The predicted octanol–water partition coefficient (Wildman–Crippen LogP) is 4.92. The van der Waals surface area contributed by atoms with Gasteiger partial charge < -0.3 is 19.5 Å². The van der Waals surface area contributed by atoms with E-state index in [0.29, 0.717) is 34.8 Å². The molecule has 2 aliphatic rings. The van der Waals surface area contributed by atoms with Crippen molar-refractivity contribution < 1.29 is 23.8 Å². The molecule has 178 valence electrons. The van der Waals surface area contributed by atoms with Crippen molar-refractivity contribution in [1.29, 1.82) is 0 Å². The Morgan fingerprint density at radius 2 is 1.76 bits per heavy atom. The molecule has 0 saturated heterocycles. The minimum absolute atomic E-state index is 0.0526. The van der Waals surface area contributed by atoms with Crippen LogP contribution in [-0.4, -0.2) is 32.1 Å². The molecule has 6 heteroatoms. The number of carbonyl (C=O) groups excluding carboxylic acids is 2. The van der Waals surface area contributed by atoms with Gasteiger partial charge in [0, 0.05) is 29.3 Å². The predicted molar refractivity (Wildman–Crippen MR) is 130 cm³/mol. The molecule has 0 fully saturated rings. The summed E-state index contributed by atoms with van der Waals surface area (Å²) in [4.78, 5) is 26.7. The van der Waals surface area contributed by atoms with Gasteiger partial charge in [-0.25, -0.2) is 4.79 Å². The summed E-state index contributed by atoms with van der Waals surface area (Å²) in [5, 5.41) is 3.35. The van der Waals surface area contributed by atoms with E-state index in [1.165, 1.54) is 0 Å². The van der Waals surface area contributed by atoms with Gasteiger partial charge in [-0.2, -0.15) is 0 Å². The number of ether oxygens (including phenoxy) is 3. The molecule has 2 aromatic rings. The second-order valence-electron chi connectivity index (χ2n) is 9.50. The van der Waals surface area contributed by atoms with Gasteiger partial charge in [-0.15, -0.1) is 0 Å². The number of benzene rings is 2. The van der Waals surface area contributed by atoms with E-state index in [2.05, 4.69) is 19.2 Å². The number of esters is 1. The first-order chi connectivity index (χ1) is 16.3. The average molecular weight is 462 g/mol. The minimum Gasteiger partial charge on any atom is -0.497 e. The minimum atomic E-state index is -0.516. The Hall–Kier alpha value is -3.54. The maximum Gasteiger partial charge on any atom is 0.336 e. The van der Waals surface area contributed by atoms with E-state index in [1.54, 1.807) is 7.11 Å². The van der Waals surface area contributed by atoms with Crippen LogP contribution in [0.1, 0.15) is 45.1 Å². The number of dihydropyridines is 1. The lowest BCUT2D eigenvalue weighted by Gasteiger charge is -2.39. The zero-order chi connectivity index (χ0) is 24.3. The van der Waals surface area contributed by atoms with Gasteiger partial charge in [-0.05, 0) is 48.6 Å². The number of rotatable bonds is 7. The Labute approximate surface area is 200 Å². The first-order valence-electron chi connectivity index (χ1n) is 11.5. The summed E-state index contributed by atoms with van der Waals surface area (Å²) in [5.41, 5.74) is 3.36. The summed E-state index contributed by atoms with van der Waals surface area (Å²) in [6, 6.07) is 16.9. The maximum atomic E-state index is 13.4. The monoisotopic (exact) mass is 461 g/mol. The summed E-state index contributed by atoms with van der Waals surface area (Å²) in [6.45, 7) is 6.38. The molecule has 1 aliphatic carbocycles. The molecule has 1 atom stereocenters. The molecular weight excluding hydrogens is 430 g/mol. The van der Waals surface area contributed by atoms with Crippen LogP contribution in [0.25, 0.3) is 0 Å². The largest absolute Gasteiger partial charge is 0.497 e. The molecule has 1 aliphatic heterocycles. The normalized spacial score (nSPS) is 19.3. The van der Waals surface area contributed by atoms with Gasteiger partial charge in [0.05, 0.1) is 12.7 Å². The quantitative estimate of drug-likeness (QED) is 0.466. The van der Waals surface area contributed by atoms with Gasteiger partial charge >= 0.3 is 5.97 Å². The maximum absolute atomic E-state index is 13.4. The molecule has 0 amide bonds. The van der Waals surface area contributed by atoms with E-state index in [1.807, 2.05) is 61.5 Å². The molecule has 0 spiro atoms. The van der Waals surface area contributed by atoms with E-state index < -0.39 is 11.9 Å². The van der Waals surface area contributed by atoms with Gasteiger partial charge in [0.1, 0.15) is 24.7 Å². The molecule has 0 aromatic heterocycles. The number of methoxy groups -OCH3 is 1. The first-order valence-corrected chi connectivity index (χ1v) is 11.5. The lowest BCUT2D eigenvalue weighted by Crippen LogP contribution is -2.38. The van der Waals surface area contributed by atoms with Crippen molar-refractivity contribution in [3.8, 4) is 11.5 Å². The lowest BCUT2D eigenvalue weighted by atomic mass is 9.68. The summed E-state index contributed by atoms with van der Waals surface area (Å²) >= 11 is 0. The van der Waals surface area contributed by atoms with Crippen LogP contribution in [-0.2, 0) is 14.3 Å². The Morgan fingerprint density at radius 3 is 2.50 bits per heavy atom. The van der Waals surface area contributed by atoms with Crippen molar-refractivity contribution in [2.75, 3.05) is 20.3 Å². The topological polar surface area (TPSA) is 73.9 Å². The van der Waals surface area contributed by atoms with Crippen molar-refractivity contribution >= 4 is 11.8 Å². The average Bonchev–Trinajstić information content (AvgIpc) is 2.80. The number of allylic oxidation sites excluding steroid dienone is 3. The Kier molecular flexibility index (Phi) is 6.77. The van der Waals surface area contributed by atoms with Crippen molar-refractivity contribution in [1.82, 2.24) is 5.32 Å². The molecule has 0 saturated carbocycles. The van der Waals surface area contributed by atoms with Crippen LogP contribution in [0.2, 0.25) is 0 Å². The molecule has 6 nitrogen and oxygen atoms in total. The third-order valence-corrected chi connectivity index (χ3v) is 6.22. The third kappa shape index (κ3) is 5.01. The van der Waals surface area contributed by atoms with Crippen LogP contribution in [0.3, 0.4) is 0 Å². The fourth-order valence-electron chi connectivity index (χ4n) is 4.75. The molecular formula is C28H31NO5. The van der Waals surface area contributed by atoms with E-state index >= 15 is 0 Å². The number of hydrogen-bond donors (Lipinski definition) is 1. The standard InChI is InChI=1S/C28H31NO5/c1-18-24(27(31)34-14-13-33-20-10-6-5-7-11-20)25(19-9-8-12-21(15-19)32-4)26-22(29-18)16-28(2,3)17-23(26)30/h5-12,15,25,29H,13-14,16-17H2,1-4H3/t25-/m0/s1. The molecule has 0 radical (unpaired) electrons. The number of nitrogens with one attached hydrogen (secondary N) is 1. The second-order valence-corrected chi connectivity index (χ2v) is 9.50. The molecule has 4 rings (SSSR count). The highest BCUT2D eigenvalue weighted by Crippen LogP contribution is 2.47. The van der Waals surface area contributed by atoms with E-state index in [-0.39, 0.29) is 24.4 Å². The van der Waals surface area contributed by atoms with Gasteiger partial charge in [-0.1, -0.05) is 44.2 Å². The highest BCUT2D eigenvalue weighted by molar-refractivity contribution is 6.04. The zero-order valence-electron chi connectivity index (χ0n) is 20.1. The fourth-order valence-corrected chi connectivity index (χ4v) is 4.75. The van der Waals surface area contributed by atoms with Gasteiger partial charge in [0.2, 0.25) is 0 Å².